The Kier molecular flexibility index (Phi) is 1.48. The molecule has 1 aliphatic carbocycles. The second kappa shape index (κ2) is 2.13. The minimum absolute atomic E-state index is 0.00694. The monoisotopic (exact) mass is 115 g/mol. The van der Waals surface area contributed by atoms with Crippen molar-refractivity contribution in [3.05, 3.63) is 0 Å². The van der Waals surface area contributed by atoms with E-state index in [9.17, 15) is 4.79 Å². The van der Waals surface area contributed by atoms with Crippen LogP contribution < -0.4 is 5.73 Å². The summed E-state index contributed by atoms with van der Waals surface area (Å²) in [5, 5.41) is 0. The van der Waals surface area contributed by atoms with Gasteiger partial charge in [-0.2, -0.15) is 0 Å². The normalized spacial score (nSPS) is 35.6. The molecule has 2 N–H and O–H groups in total. The molecule has 2 unspecified atom stereocenters. The third-order valence-electron chi connectivity index (χ3n) is 1.49. The number of rotatable bonds is 2. The van der Waals surface area contributed by atoms with Gasteiger partial charge in [0.25, 0.3) is 6.47 Å². The highest BCUT2D eigenvalue weighted by Gasteiger charge is 2.28. The predicted molar refractivity (Wildman–Crippen MR) is 28.1 cm³/mol. The van der Waals surface area contributed by atoms with Crippen LogP contribution in [-0.4, -0.2) is 18.6 Å². The van der Waals surface area contributed by atoms with Crippen LogP contribution in [0, 0.1) is 0 Å². The number of hydrogen-bond donors (Lipinski definition) is 1. The van der Waals surface area contributed by atoms with Crippen LogP contribution in [0.4, 0.5) is 0 Å². The zero-order chi connectivity index (χ0) is 5.98. The summed E-state index contributed by atoms with van der Waals surface area (Å²) in [5.41, 5.74) is 5.42. The Morgan fingerprint density at radius 2 is 2.38 bits per heavy atom. The average Bonchev–Trinajstić information content (AvgIpc) is 1.79. The van der Waals surface area contributed by atoms with Crippen LogP contribution in [0.5, 0.6) is 0 Å². The number of hydrogen-bond acceptors (Lipinski definition) is 3. The smallest absolute Gasteiger partial charge is 0.293 e. The van der Waals surface area contributed by atoms with Gasteiger partial charge < -0.3 is 10.5 Å². The molecule has 1 rings (SSSR count). The Morgan fingerprint density at radius 1 is 1.62 bits per heavy atom. The largest absolute Gasteiger partial charge is 0.463 e. The molecule has 3 heteroatoms. The van der Waals surface area contributed by atoms with Crippen LogP contribution in [0.1, 0.15) is 12.8 Å². The molecule has 0 aromatic rings. The Balaban J connectivity index is 2.16. The fraction of sp³-hybridized carbons (Fsp3) is 0.800. The second-order valence-corrected chi connectivity index (χ2v) is 2.01. The van der Waals surface area contributed by atoms with Gasteiger partial charge in [-0.3, -0.25) is 4.79 Å². The maximum Gasteiger partial charge on any atom is 0.293 e. The summed E-state index contributed by atoms with van der Waals surface area (Å²) in [6.07, 6.45) is 1.92. The average molecular weight is 115 g/mol. The van der Waals surface area contributed by atoms with Gasteiger partial charge in [0.2, 0.25) is 0 Å². The first-order valence-electron chi connectivity index (χ1n) is 2.69. The van der Waals surface area contributed by atoms with E-state index in [0.717, 1.165) is 12.8 Å². The lowest BCUT2D eigenvalue weighted by Gasteiger charge is -2.30. The molecule has 2 atom stereocenters. The van der Waals surface area contributed by atoms with Gasteiger partial charge in [-0.25, -0.2) is 0 Å². The van der Waals surface area contributed by atoms with Gasteiger partial charge in [-0.05, 0) is 12.8 Å². The van der Waals surface area contributed by atoms with Crippen LogP contribution in [0.2, 0.25) is 0 Å². The van der Waals surface area contributed by atoms with Crippen LogP contribution in [0.25, 0.3) is 0 Å². The first kappa shape index (κ1) is 5.56. The number of carbonyl (C=O) groups excluding carboxylic acids is 1. The van der Waals surface area contributed by atoms with Crippen molar-refractivity contribution >= 4 is 6.47 Å². The van der Waals surface area contributed by atoms with Crippen LogP contribution in [-0.2, 0) is 9.53 Å². The van der Waals surface area contributed by atoms with Crippen molar-refractivity contribution in [2.75, 3.05) is 0 Å². The Bertz CT molecular complexity index is 94.4. The molecule has 1 aliphatic rings. The Morgan fingerprint density at radius 3 is 2.50 bits per heavy atom. The lowest BCUT2D eigenvalue weighted by Crippen LogP contribution is -2.45. The quantitative estimate of drug-likeness (QED) is 0.500. The first-order chi connectivity index (χ1) is 3.84. The van der Waals surface area contributed by atoms with E-state index in [1.54, 1.807) is 0 Å². The molecule has 46 valence electrons. The lowest BCUT2D eigenvalue weighted by molar-refractivity contribution is -0.138. The molecular formula is C5H9NO2. The molecular weight excluding hydrogens is 106 g/mol. The first-order valence-corrected chi connectivity index (χ1v) is 2.69. The minimum Gasteiger partial charge on any atom is -0.463 e. The molecule has 0 heterocycles. The second-order valence-electron chi connectivity index (χ2n) is 2.01. The minimum atomic E-state index is 0.00694. The van der Waals surface area contributed by atoms with E-state index in [4.69, 9.17) is 5.73 Å². The Hall–Kier alpha value is -0.570. The molecule has 0 spiro atoms. The molecule has 3 nitrogen and oxygen atoms in total. The molecule has 8 heavy (non-hydrogen) atoms. The van der Waals surface area contributed by atoms with E-state index >= 15 is 0 Å². The van der Waals surface area contributed by atoms with E-state index in [-0.39, 0.29) is 12.1 Å². The summed E-state index contributed by atoms with van der Waals surface area (Å²) in [7, 11) is 0. The fourth-order valence-electron chi connectivity index (χ4n) is 0.736. The zero-order valence-electron chi connectivity index (χ0n) is 4.54. The van der Waals surface area contributed by atoms with Crippen molar-refractivity contribution in [1.29, 1.82) is 0 Å². The van der Waals surface area contributed by atoms with E-state index < -0.39 is 0 Å². The van der Waals surface area contributed by atoms with Crippen LogP contribution >= 0.6 is 0 Å². The summed E-state index contributed by atoms with van der Waals surface area (Å²) in [6, 6.07) is 0.0974. The maximum absolute atomic E-state index is 9.68. The molecule has 1 saturated carbocycles. The lowest BCUT2D eigenvalue weighted by atomic mass is 9.90. The van der Waals surface area contributed by atoms with Gasteiger partial charge in [0.05, 0.1) is 0 Å². The van der Waals surface area contributed by atoms with Gasteiger partial charge in [-0.15, -0.1) is 0 Å². The molecule has 0 amide bonds. The third kappa shape index (κ3) is 0.816. The van der Waals surface area contributed by atoms with E-state index in [2.05, 4.69) is 4.74 Å². The summed E-state index contributed by atoms with van der Waals surface area (Å²) in [4.78, 5) is 9.68. The van der Waals surface area contributed by atoms with Gasteiger partial charge in [-0.1, -0.05) is 0 Å². The van der Waals surface area contributed by atoms with Crippen molar-refractivity contribution in [2.45, 2.75) is 25.0 Å². The fourth-order valence-corrected chi connectivity index (χ4v) is 0.736. The van der Waals surface area contributed by atoms with E-state index in [0.29, 0.717) is 6.47 Å². The SMILES string of the molecule is NC1CCC1OC=O. The zero-order valence-corrected chi connectivity index (χ0v) is 4.54. The van der Waals surface area contributed by atoms with Crippen molar-refractivity contribution in [3.8, 4) is 0 Å². The molecule has 0 radical (unpaired) electrons. The molecule has 0 aliphatic heterocycles. The summed E-state index contributed by atoms with van der Waals surface area (Å²) in [5.74, 6) is 0. The predicted octanol–water partition coefficient (Wildman–Crippen LogP) is -0.351. The number of carbonyl (C=O) groups is 1. The topological polar surface area (TPSA) is 52.3 Å². The molecule has 0 aromatic carbocycles. The summed E-state index contributed by atoms with van der Waals surface area (Å²) < 4.78 is 4.58. The molecule has 1 fully saturated rings. The molecule has 0 aromatic heterocycles. The highest BCUT2D eigenvalue weighted by molar-refractivity contribution is 5.37. The molecule has 0 saturated heterocycles. The Labute approximate surface area is 47.8 Å². The standard InChI is InChI=1S/C5H9NO2/c6-4-1-2-5(4)8-3-7/h3-5H,1-2,6H2. The van der Waals surface area contributed by atoms with Crippen molar-refractivity contribution in [1.82, 2.24) is 0 Å². The molecule has 0 bridgehead atoms. The van der Waals surface area contributed by atoms with Crippen molar-refractivity contribution < 1.29 is 9.53 Å². The van der Waals surface area contributed by atoms with E-state index in [1.165, 1.54) is 0 Å². The summed E-state index contributed by atoms with van der Waals surface area (Å²) >= 11 is 0. The van der Waals surface area contributed by atoms with Crippen molar-refractivity contribution in [3.63, 3.8) is 0 Å². The third-order valence-corrected chi connectivity index (χ3v) is 1.49. The van der Waals surface area contributed by atoms with E-state index in [1.807, 2.05) is 0 Å². The number of nitrogens with two attached hydrogens (primary N) is 1. The maximum atomic E-state index is 9.68. The van der Waals surface area contributed by atoms with Gasteiger partial charge in [0.1, 0.15) is 6.10 Å². The van der Waals surface area contributed by atoms with Crippen molar-refractivity contribution in [2.24, 2.45) is 5.73 Å². The van der Waals surface area contributed by atoms with Crippen LogP contribution in [0.15, 0.2) is 0 Å². The van der Waals surface area contributed by atoms with Gasteiger partial charge in [0, 0.05) is 6.04 Å². The number of ether oxygens (including phenoxy) is 1. The highest BCUT2D eigenvalue weighted by atomic mass is 16.5. The van der Waals surface area contributed by atoms with Crippen LogP contribution in [0.3, 0.4) is 0 Å². The summed E-state index contributed by atoms with van der Waals surface area (Å²) in [6.45, 7) is 0.462. The van der Waals surface area contributed by atoms with Gasteiger partial charge in [0.15, 0.2) is 0 Å². The van der Waals surface area contributed by atoms with Gasteiger partial charge >= 0.3 is 0 Å². The highest BCUT2D eigenvalue weighted by Crippen LogP contribution is 2.19.